The molecule has 0 spiro atoms. The van der Waals surface area contributed by atoms with Gasteiger partial charge in [0.15, 0.2) is 0 Å². The lowest BCUT2D eigenvalue weighted by Gasteiger charge is -2.26. The third-order valence-corrected chi connectivity index (χ3v) is 2.50. The van der Waals surface area contributed by atoms with Crippen molar-refractivity contribution in [1.29, 1.82) is 0 Å². The molecule has 0 aromatic rings. The summed E-state index contributed by atoms with van der Waals surface area (Å²) in [7, 11) is 0. The fourth-order valence-electron chi connectivity index (χ4n) is 1.28. The van der Waals surface area contributed by atoms with Gasteiger partial charge in [0.25, 0.3) is 0 Å². The molecule has 84 valence electrons. The molecule has 0 aliphatic rings. The Morgan fingerprint density at radius 1 is 1.21 bits per heavy atom. The van der Waals surface area contributed by atoms with Crippen LogP contribution in [-0.4, -0.2) is 29.8 Å². The first kappa shape index (κ1) is 13.6. The zero-order chi connectivity index (χ0) is 11.1. The predicted molar refractivity (Wildman–Crippen MR) is 61.5 cm³/mol. The van der Waals surface area contributed by atoms with E-state index in [1.54, 1.807) is 0 Å². The van der Waals surface area contributed by atoms with E-state index in [-0.39, 0.29) is 0 Å². The summed E-state index contributed by atoms with van der Waals surface area (Å²) in [6.07, 6.45) is 1.83. The van der Waals surface area contributed by atoms with Gasteiger partial charge in [-0.2, -0.15) is 0 Å². The highest BCUT2D eigenvalue weighted by Crippen LogP contribution is 2.06. The van der Waals surface area contributed by atoms with Crippen LogP contribution >= 0.6 is 0 Å². The average Bonchev–Trinajstić information content (AvgIpc) is 2.10. The second-order valence-corrected chi connectivity index (χ2v) is 4.64. The van der Waals surface area contributed by atoms with Gasteiger partial charge >= 0.3 is 0 Å². The molecule has 0 radical (unpaired) electrons. The Hall–Kier alpha value is -0.370. The van der Waals surface area contributed by atoms with Crippen LogP contribution in [0.2, 0.25) is 0 Å². The Morgan fingerprint density at radius 3 is 2.14 bits per heavy atom. The first-order valence-electron chi connectivity index (χ1n) is 5.73. The summed E-state index contributed by atoms with van der Waals surface area (Å²) >= 11 is 0. The van der Waals surface area contributed by atoms with Crippen molar-refractivity contribution in [2.24, 2.45) is 5.92 Å². The van der Waals surface area contributed by atoms with E-state index in [1.807, 2.05) is 6.92 Å². The maximum Gasteiger partial charge on any atom is 0.146 e. The summed E-state index contributed by atoms with van der Waals surface area (Å²) in [5.74, 6) is 1.07. The number of carbonyl (C=O) groups is 1. The number of hydrogen-bond acceptors (Lipinski definition) is 2. The molecule has 0 atom stereocenters. The van der Waals surface area contributed by atoms with Crippen LogP contribution in [0.5, 0.6) is 0 Å². The lowest BCUT2D eigenvalue weighted by molar-refractivity contribution is -0.120. The highest BCUT2D eigenvalue weighted by Gasteiger charge is 2.12. The summed E-state index contributed by atoms with van der Waals surface area (Å²) in [4.78, 5) is 13.6. The largest absolute Gasteiger partial charge is 0.298 e. The van der Waals surface area contributed by atoms with Gasteiger partial charge in [0.1, 0.15) is 5.78 Å². The minimum absolute atomic E-state index is 0.349. The van der Waals surface area contributed by atoms with Crippen molar-refractivity contribution < 1.29 is 4.79 Å². The molecule has 2 heteroatoms. The molecule has 0 rings (SSSR count). The number of carbonyl (C=O) groups excluding carboxylic acids is 1. The van der Waals surface area contributed by atoms with Crippen molar-refractivity contribution in [2.75, 3.05) is 13.1 Å². The van der Waals surface area contributed by atoms with Crippen molar-refractivity contribution >= 4 is 5.78 Å². The number of ketones is 1. The van der Waals surface area contributed by atoms with E-state index >= 15 is 0 Å². The Balaban J connectivity index is 3.96. The molecule has 14 heavy (non-hydrogen) atoms. The predicted octanol–water partition coefficient (Wildman–Crippen LogP) is 2.72. The van der Waals surface area contributed by atoms with Crippen LogP contribution in [0.1, 0.15) is 47.5 Å². The van der Waals surface area contributed by atoms with Crippen molar-refractivity contribution in [3.05, 3.63) is 0 Å². The second kappa shape index (κ2) is 6.99. The van der Waals surface area contributed by atoms with Crippen molar-refractivity contribution in [3.8, 4) is 0 Å². The van der Waals surface area contributed by atoms with E-state index in [0.717, 1.165) is 6.54 Å². The zero-order valence-electron chi connectivity index (χ0n) is 10.3. The van der Waals surface area contributed by atoms with E-state index in [2.05, 4.69) is 32.6 Å². The quantitative estimate of drug-likeness (QED) is 0.628. The van der Waals surface area contributed by atoms with Crippen LogP contribution < -0.4 is 0 Å². The summed E-state index contributed by atoms with van der Waals surface area (Å²) in [5, 5.41) is 0. The van der Waals surface area contributed by atoms with Crippen LogP contribution in [0.4, 0.5) is 0 Å². The Morgan fingerprint density at radius 2 is 1.79 bits per heavy atom. The van der Waals surface area contributed by atoms with Gasteiger partial charge in [0, 0.05) is 12.5 Å². The topological polar surface area (TPSA) is 20.3 Å². The molecule has 0 amide bonds. The van der Waals surface area contributed by atoms with E-state index in [0.29, 0.717) is 30.7 Å². The SMILES string of the molecule is CCC(=O)CN(CCC(C)C)C(C)C. The van der Waals surface area contributed by atoms with E-state index in [4.69, 9.17) is 0 Å². The fourth-order valence-corrected chi connectivity index (χ4v) is 1.28. The van der Waals surface area contributed by atoms with Gasteiger partial charge in [0.05, 0.1) is 6.54 Å². The first-order valence-corrected chi connectivity index (χ1v) is 5.73. The highest BCUT2D eigenvalue weighted by molar-refractivity contribution is 5.80. The Labute approximate surface area is 88.7 Å². The van der Waals surface area contributed by atoms with Crippen LogP contribution in [0.25, 0.3) is 0 Å². The summed E-state index contributed by atoms with van der Waals surface area (Å²) in [6, 6.07) is 0.476. The van der Waals surface area contributed by atoms with Crippen LogP contribution in [0.3, 0.4) is 0 Å². The minimum atomic E-state index is 0.349. The summed E-state index contributed by atoms with van der Waals surface area (Å²) < 4.78 is 0. The van der Waals surface area contributed by atoms with E-state index < -0.39 is 0 Å². The number of nitrogens with zero attached hydrogens (tertiary/aromatic N) is 1. The molecule has 0 aromatic heterocycles. The molecule has 2 nitrogen and oxygen atoms in total. The van der Waals surface area contributed by atoms with Crippen LogP contribution in [0.15, 0.2) is 0 Å². The lowest BCUT2D eigenvalue weighted by atomic mass is 10.1. The van der Waals surface area contributed by atoms with Gasteiger partial charge in [-0.05, 0) is 32.7 Å². The Kier molecular flexibility index (Phi) is 6.81. The third kappa shape index (κ3) is 6.14. The summed E-state index contributed by atoms with van der Waals surface area (Å²) in [6.45, 7) is 12.4. The fraction of sp³-hybridized carbons (Fsp3) is 0.917. The molecule has 0 saturated carbocycles. The molecule has 0 fully saturated rings. The maximum atomic E-state index is 11.3. The standard InChI is InChI=1S/C12H25NO/c1-6-12(14)9-13(11(4)5)8-7-10(2)3/h10-11H,6-9H2,1-5H3. The van der Waals surface area contributed by atoms with Gasteiger partial charge < -0.3 is 0 Å². The number of hydrogen-bond donors (Lipinski definition) is 0. The molecule has 0 N–H and O–H groups in total. The van der Waals surface area contributed by atoms with Crippen molar-refractivity contribution in [2.45, 2.75) is 53.5 Å². The monoisotopic (exact) mass is 199 g/mol. The first-order chi connectivity index (χ1) is 6.47. The van der Waals surface area contributed by atoms with Gasteiger partial charge in [-0.15, -0.1) is 0 Å². The third-order valence-electron chi connectivity index (χ3n) is 2.50. The molecule has 0 aliphatic carbocycles. The van der Waals surface area contributed by atoms with Gasteiger partial charge in [-0.3, -0.25) is 9.69 Å². The number of Topliss-reactive ketones (excluding diaryl/α,β-unsaturated/α-hetero) is 1. The zero-order valence-corrected chi connectivity index (χ0v) is 10.3. The summed E-state index contributed by atoms with van der Waals surface area (Å²) in [5.41, 5.74) is 0. The smallest absolute Gasteiger partial charge is 0.146 e. The average molecular weight is 199 g/mol. The molecule has 0 aliphatic heterocycles. The second-order valence-electron chi connectivity index (χ2n) is 4.64. The van der Waals surface area contributed by atoms with Crippen LogP contribution in [-0.2, 0) is 4.79 Å². The molecule has 0 saturated heterocycles. The van der Waals surface area contributed by atoms with E-state index in [1.165, 1.54) is 6.42 Å². The minimum Gasteiger partial charge on any atom is -0.298 e. The molecule has 0 unspecified atom stereocenters. The van der Waals surface area contributed by atoms with E-state index in [9.17, 15) is 4.79 Å². The van der Waals surface area contributed by atoms with Gasteiger partial charge in [-0.1, -0.05) is 20.8 Å². The normalized spacial score (nSPS) is 11.7. The van der Waals surface area contributed by atoms with Gasteiger partial charge in [0.2, 0.25) is 0 Å². The van der Waals surface area contributed by atoms with Crippen LogP contribution in [0, 0.1) is 5.92 Å². The molecular formula is C12H25NO. The molecule has 0 bridgehead atoms. The van der Waals surface area contributed by atoms with Crippen molar-refractivity contribution in [3.63, 3.8) is 0 Å². The molecule has 0 heterocycles. The molecular weight excluding hydrogens is 174 g/mol. The lowest BCUT2D eigenvalue weighted by Crippen LogP contribution is -2.36. The number of rotatable bonds is 7. The maximum absolute atomic E-state index is 11.3. The van der Waals surface area contributed by atoms with Gasteiger partial charge in [-0.25, -0.2) is 0 Å². The molecule has 0 aromatic carbocycles. The van der Waals surface area contributed by atoms with Crippen molar-refractivity contribution in [1.82, 2.24) is 4.90 Å². The highest BCUT2D eigenvalue weighted by atomic mass is 16.1. The Bertz CT molecular complexity index is 164.